The van der Waals surface area contributed by atoms with E-state index < -0.39 is 0 Å². The molecule has 2 aromatic rings. The second-order valence-corrected chi connectivity index (χ2v) is 4.23. The highest BCUT2D eigenvalue weighted by Crippen LogP contribution is 2.32. The number of H-pyrrole nitrogens is 1. The van der Waals surface area contributed by atoms with Crippen LogP contribution in [0.2, 0.25) is 0 Å². The molecule has 0 spiro atoms. The summed E-state index contributed by atoms with van der Waals surface area (Å²) >= 11 is 0. The van der Waals surface area contributed by atoms with E-state index in [9.17, 15) is 0 Å². The van der Waals surface area contributed by atoms with Crippen molar-refractivity contribution >= 4 is 0 Å². The standard InChI is InChI=1S/C13H14N2O2/c1-9-6-11(15-14-9)4-2-10-3-5-12-13(7-10)17-8-16-12/h3,5-7H,2,4,8H2,1H3,(H,14,15). The van der Waals surface area contributed by atoms with Crippen LogP contribution >= 0.6 is 0 Å². The Morgan fingerprint density at radius 2 is 2.06 bits per heavy atom. The first-order valence-electron chi connectivity index (χ1n) is 5.71. The Hall–Kier alpha value is -1.97. The molecule has 0 atom stereocenters. The molecule has 1 aliphatic heterocycles. The number of benzene rings is 1. The molecule has 0 saturated carbocycles. The van der Waals surface area contributed by atoms with Crippen molar-refractivity contribution in [2.75, 3.05) is 6.79 Å². The van der Waals surface area contributed by atoms with E-state index in [4.69, 9.17) is 9.47 Å². The van der Waals surface area contributed by atoms with Crippen molar-refractivity contribution in [1.29, 1.82) is 0 Å². The highest BCUT2D eigenvalue weighted by Gasteiger charge is 2.13. The van der Waals surface area contributed by atoms with Gasteiger partial charge in [-0.1, -0.05) is 6.07 Å². The minimum atomic E-state index is 0.331. The van der Waals surface area contributed by atoms with Crippen molar-refractivity contribution in [3.05, 3.63) is 41.2 Å². The van der Waals surface area contributed by atoms with Gasteiger partial charge in [-0.2, -0.15) is 5.10 Å². The van der Waals surface area contributed by atoms with Gasteiger partial charge in [0, 0.05) is 5.69 Å². The van der Waals surface area contributed by atoms with E-state index in [1.165, 1.54) is 5.56 Å². The maximum Gasteiger partial charge on any atom is 0.231 e. The molecular weight excluding hydrogens is 216 g/mol. The van der Waals surface area contributed by atoms with Gasteiger partial charge in [0.05, 0.1) is 5.69 Å². The van der Waals surface area contributed by atoms with Crippen LogP contribution in [0.3, 0.4) is 0 Å². The number of ether oxygens (including phenoxy) is 2. The Morgan fingerprint density at radius 3 is 2.88 bits per heavy atom. The highest BCUT2D eigenvalue weighted by molar-refractivity contribution is 5.44. The van der Waals surface area contributed by atoms with E-state index in [2.05, 4.69) is 22.3 Å². The summed E-state index contributed by atoms with van der Waals surface area (Å²) in [6.07, 6.45) is 1.89. The zero-order valence-electron chi connectivity index (χ0n) is 9.69. The molecule has 1 aromatic carbocycles. The molecule has 0 aliphatic carbocycles. The van der Waals surface area contributed by atoms with Crippen LogP contribution in [-0.4, -0.2) is 17.0 Å². The van der Waals surface area contributed by atoms with Gasteiger partial charge >= 0.3 is 0 Å². The van der Waals surface area contributed by atoms with Gasteiger partial charge in [-0.3, -0.25) is 5.10 Å². The summed E-state index contributed by atoms with van der Waals surface area (Å²) in [6, 6.07) is 8.16. The first kappa shape index (κ1) is 10.2. The molecule has 4 heteroatoms. The van der Waals surface area contributed by atoms with Gasteiger partial charge in [0.25, 0.3) is 0 Å². The summed E-state index contributed by atoms with van der Waals surface area (Å²) in [6.45, 7) is 2.34. The van der Waals surface area contributed by atoms with Crippen molar-refractivity contribution in [2.45, 2.75) is 19.8 Å². The Kier molecular flexibility index (Phi) is 2.48. The number of aromatic amines is 1. The second kappa shape index (κ2) is 4.13. The van der Waals surface area contributed by atoms with Crippen molar-refractivity contribution < 1.29 is 9.47 Å². The third-order valence-corrected chi connectivity index (χ3v) is 2.87. The van der Waals surface area contributed by atoms with Crippen LogP contribution in [0, 0.1) is 6.92 Å². The van der Waals surface area contributed by atoms with Crippen LogP contribution in [0.5, 0.6) is 11.5 Å². The minimum Gasteiger partial charge on any atom is -0.454 e. The van der Waals surface area contributed by atoms with E-state index in [1.54, 1.807) is 0 Å². The van der Waals surface area contributed by atoms with E-state index in [1.807, 2.05) is 19.1 Å². The molecule has 0 bridgehead atoms. The number of hydrogen-bond donors (Lipinski definition) is 1. The first-order valence-corrected chi connectivity index (χ1v) is 5.71. The van der Waals surface area contributed by atoms with E-state index >= 15 is 0 Å². The molecule has 1 aliphatic rings. The zero-order valence-corrected chi connectivity index (χ0v) is 9.69. The van der Waals surface area contributed by atoms with Crippen molar-refractivity contribution in [3.63, 3.8) is 0 Å². The molecule has 4 nitrogen and oxygen atoms in total. The lowest BCUT2D eigenvalue weighted by molar-refractivity contribution is 0.174. The fourth-order valence-corrected chi connectivity index (χ4v) is 1.97. The summed E-state index contributed by atoms with van der Waals surface area (Å²) in [5.74, 6) is 1.69. The predicted molar refractivity (Wildman–Crippen MR) is 63.3 cm³/mol. The number of rotatable bonds is 3. The van der Waals surface area contributed by atoms with Gasteiger partial charge in [0.15, 0.2) is 11.5 Å². The molecule has 0 amide bonds. The molecule has 88 valence electrons. The normalized spacial score (nSPS) is 13.0. The Morgan fingerprint density at radius 1 is 1.18 bits per heavy atom. The van der Waals surface area contributed by atoms with E-state index in [0.717, 1.165) is 35.7 Å². The van der Waals surface area contributed by atoms with E-state index in [-0.39, 0.29) is 0 Å². The molecule has 0 radical (unpaired) electrons. The van der Waals surface area contributed by atoms with Gasteiger partial charge in [0.2, 0.25) is 6.79 Å². The smallest absolute Gasteiger partial charge is 0.231 e. The topological polar surface area (TPSA) is 47.1 Å². The monoisotopic (exact) mass is 230 g/mol. The number of hydrogen-bond acceptors (Lipinski definition) is 3. The van der Waals surface area contributed by atoms with Gasteiger partial charge in [-0.15, -0.1) is 0 Å². The van der Waals surface area contributed by atoms with E-state index in [0.29, 0.717) is 6.79 Å². The Labute approximate surface area is 99.6 Å². The summed E-state index contributed by atoms with van der Waals surface area (Å²) in [4.78, 5) is 0. The molecule has 1 N–H and O–H groups in total. The molecule has 3 rings (SSSR count). The summed E-state index contributed by atoms with van der Waals surface area (Å²) in [5.41, 5.74) is 3.45. The lowest BCUT2D eigenvalue weighted by Crippen LogP contribution is -1.93. The fourth-order valence-electron chi connectivity index (χ4n) is 1.97. The molecule has 0 fully saturated rings. The summed E-state index contributed by atoms with van der Waals surface area (Å²) in [5, 5.41) is 7.17. The average molecular weight is 230 g/mol. The van der Waals surface area contributed by atoms with Crippen LogP contribution in [0.1, 0.15) is 17.0 Å². The quantitative estimate of drug-likeness (QED) is 0.879. The van der Waals surface area contributed by atoms with Crippen molar-refractivity contribution in [1.82, 2.24) is 10.2 Å². The van der Waals surface area contributed by atoms with Crippen molar-refractivity contribution in [2.24, 2.45) is 0 Å². The van der Waals surface area contributed by atoms with Gasteiger partial charge < -0.3 is 9.47 Å². The SMILES string of the molecule is Cc1cc(CCc2ccc3c(c2)OCO3)n[nH]1. The second-order valence-electron chi connectivity index (χ2n) is 4.23. The first-order chi connectivity index (χ1) is 8.31. The summed E-state index contributed by atoms with van der Waals surface area (Å²) in [7, 11) is 0. The molecule has 0 saturated heterocycles. The number of aryl methyl sites for hydroxylation is 3. The lowest BCUT2D eigenvalue weighted by atomic mass is 10.1. The largest absolute Gasteiger partial charge is 0.454 e. The molecule has 0 unspecified atom stereocenters. The number of aromatic nitrogens is 2. The Bertz CT molecular complexity index is 534. The van der Waals surface area contributed by atoms with Crippen LogP contribution in [0.25, 0.3) is 0 Å². The number of fused-ring (bicyclic) bond motifs is 1. The van der Waals surface area contributed by atoms with Crippen LogP contribution in [0.4, 0.5) is 0 Å². The third kappa shape index (κ3) is 2.11. The predicted octanol–water partition coefficient (Wildman–Crippen LogP) is 2.23. The van der Waals surface area contributed by atoms with Gasteiger partial charge in [-0.05, 0) is 43.5 Å². The molecule has 1 aromatic heterocycles. The average Bonchev–Trinajstić information content (AvgIpc) is 2.94. The number of nitrogens with zero attached hydrogens (tertiary/aromatic N) is 1. The fraction of sp³-hybridized carbons (Fsp3) is 0.308. The lowest BCUT2D eigenvalue weighted by Gasteiger charge is -2.01. The van der Waals surface area contributed by atoms with Crippen molar-refractivity contribution in [3.8, 4) is 11.5 Å². The van der Waals surface area contributed by atoms with Crippen LogP contribution in [0.15, 0.2) is 24.3 Å². The van der Waals surface area contributed by atoms with Crippen LogP contribution in [-0.2, 0) is 12.8 Å². The molecule has 17 heavy (non-hydrogen) atoms. The maximum atomic E-state index is 5.35. The van der Waals surface area contributed by atoms with Crippen LogP contribution < -0.4 is 9.47 Å². The molecule has 2 heterocycles. The maximum absolute atomic E-state index is 5.35. The minimum absolute atomic E-state index is 0.331. The number of nitrogens with one attached hydrogen (secondary N) is 1. The van der Waals surface area contributed by atoms with Gasteiger partial charge in [-0.25, -0.2) is 0 Å². The Balaban J connectivity index is 1.69. The third-order valence-electron chi connectivity index (χ3n) is 2.87. The zero-order chi connectivity index (χ0) is 11.7. The summed E-state index contributed by atoms with van der Waals surface area (Å²) < 4.78 is 10.6. The van der Waals surface area contributed by atoms with Gasteiger partial charge in [0.1, 0.15) is 0 Å². The highest BCUT2D eigenvalue weighted by atomic mass is 16.7. The molecular formula is C13H14N2O2.